The maximum atomic E-state index is 10.9. The first-order valence-corrected chi connectivity index (χ1v) is 4.08. The first-order chi connectivity index (χ1) is 4.34. The molecule has 0 spiro atoms. The summed E-state index contributed by atoms with van der Waals surface area (Å²) in [5.74, 6) is 0.619. The third-order valence-electron chi connectivity index (χ3n) is 0.982. The van der Waals surface area contributed by atoms with Crippen LogP contribution in [-0.2, 0) is 10.8 Å². The topological polar surface area (TPSA) is 30.2 Å². The van der Waals surface area contributed by atoms with Gasteiger partial charge < -0.3 is 4.42 Å². The zero-order valence-electron chi connectivity index (χ0n) is 5.16. The molecular weight excluding hydrogens is 136 g/mol. The van der Waals surface area contributed by atoms with Gasteiger partial charge in [0.1, 0.15) is 0 Å². The van der Waals surface area contributed by atoms with Crippen molar-refractivity contribution in [2.45, 2.75) is 12.0 Å². The van der Waals surface area contributed by atoms with Crippen LogP contribution in [0.3, 0.4) is 0 Å². The van der Waals surface area contributed by atoms with E-state index in [2.05, 4.69) is 0 Å². The van der Waals surface area contributed by atoms with E-state index in [9.17, 15) is 4.21 Å². The molecule has 0 saturated carbocycles. The van der Waals surface area contributed by atoms with Crippen LogP contribution in [0.1, 0.15) is 6.92 Å². The molecule has 1 unspecified atom stereocenters. The van der Waals surface area contributed by atoms with Crippen molar-refractivity contribution in [2.24, 2.45) is 0 Å². The lowest BCUT2D eigenvalue weighted by Gasteiger charge is -1.88. The Bertz CT molecular complexity index is 191. The van der Waals surface area contributed by atoms with Crippen LogP contribution in [0.5, 0.6) is 0 Å². The van der Waals surface area contributed by atoms with E-state index >= 15 is 0 Å². The molecular formula is C6H8O2S. The summed E-state index contributed by atoms with van der Waals surface area (Å²) in [6, 6.07) is 3.46. The molecule has 1 atom stereocenters. The van der Waals surface area contributed by atoms with Crippen LogP contribution in [0.2, 0.25) is 0 Å². The quantitative estimate of drug-likeness (QED) is 0.628. The Balaban J connectivity index is 2.77. The van der Waals surface area contributed by atoms with Crippen LogP contribution in [-0.4, -0.2) is 9.96 Å². The fourth-order valence-corrected chi connectivity index (χ4v) is 1.21. The minimum atomic E-state index is -0.926. The van der Waals surface area contributed by atoms with Crippen LogP contribution in [0.25, 0.3) is 0 Å². The third-order valence-corrected chi connectivity index (χ3v) is 2.19. The van der Waals surface area contributed by atoms with E-state index in [4.69, 9.17) is 4.42 Å². The molecule has 50 valence electrons. The monoisotopic (exact) mass is 144 g/mol. The van der Waals surface area contributed by atoms with Crippen molar-refractivity contribution in [3.63, 3.8) is 0 Å². The lowest BCUT2D eigenvalue weighted by molar-refractivity contribution is 0.465. The second-order valence-electron chi connectivity index (χ2n) is 1.57. The van der Waals surface area contributed by atoms with Gasteiger partial charge in [-0.2, -0.15) is 0 Å². The second-order valence-corrected chi connectivity index (χ2v) is 3.24. The molecule has 0 bridgehead atoms. The van der Waals surface area contributed by atoms with E-state index in [1.165, 1.54) is 6.26 Å². The van der Waals surface area contributed by atoms with Crippen LogP contribution in [0, 0.1) is 0 Å². The molecule has 0 N–H and O–H groups in total. The molecule has 0 amide bonds. The highest BCUT2D eigenvalue weighted by atomic mass is 32.2. The average molecular weight is 144 g/mol. The van der Waals surface area contributed by atoms with Crippen molar-refractivity contribution in [3.8, 4) is 0 Å². The van der Waals surface area contributed by atoms with E-state index < -0.39 is 10.8 Å². The molecule has 1 aromatic heterocycles. The normalized spacial score (nSPS) is 13.4. The van der Waals surface area contributed by atoms with Crippen molar-refractivity contribution < 1.29 is 8.63 Å². The summed E-state index contributed by atoms with van der Waals surface area (Å²) in [5, 5.41) is 0.567. The minimum Gasteiger partial charge on any atom is -0.456 e. The zero-order valence-corrected chi connectivity index (χ0v) is 5.98. The zero-order chi connectivity index (χ0) is 6.69. The molecule has 9 heavy (non-hydrogen) atoms. The number of hydrogen-bond acceptors (Lipinski definition) is 2. The molecule has 2 nitrogen and oxygen atoms in total. The van der Waals surface area contributed by atoms with Gasteiger partial charge in [-0.25, -0.2) is 0 Å². The van der Waals surface area contributed by atoms with Crippen molar-refractivity contribution in [2.75, 3.05) is 5.75 Å². The van der Waals surface area contributed by atoms with E-state index in [1.54, 1.807) is 12.1 Å². The summed E-state index contributed by atoms with van der Waals surface area (Å²) in [6.45, 7) is 1.86. The highest BCUT2D eigenvalue weighted by molar-refractivity contribution is 7.84. The first-order valence-electron chi connectivity index (χ1n) is 2.76. The number of hydrogen-bond donors (Lipinski definition) is 0. The second kappa shape index (κ2) is 2.82. The van der Waals surface area contributed by atoms with Gasteiger partial charge in [-0.3, -0.25) is 4.21 Å². The highest BCUT2D eigenvalue weighted by Crippen LogP contribution is 2.05. The lowest BCUT2D eigenvalue weighted by Crippen LogP contribution is -1.89. The van der Waals surface area contributed by atoms with Crippen LogP contribution < -0.4 is 0 Å². The summed E-state index contributed by atoms with van der Waals surface area (Å²) in [5.41, 5.74) is 0. The van der Waals surface area contributed by atoms with Gasteiger partial charge in [0.15, 0.2) is 5.09 Å². The van der Waals surface area contributed by atoms with E-state index in [1.807, 2.05) is 6.92 Å². The Morgan fingerprint density at radius 3 is 3.00 bits per heavy atom. The van der Waals surface area contributed by atoms with Crippen LogP contribution in [0.15, 0.2) is 27.9 Å². The van der Waals surface area contributed by atoms with E-state index in [0.29, 0.717) is 10.8 Å². The molecule has 0 aliphatic heterocycles. The Labute approximate surface area is 56.3 Å². The van der Waals surface area contributed by atoms with Crippen molar-refractivity contribution >= 4 is 10.8 Å². The first kappa shape index (κ1) is 6.55. The molecule has 1 heterocycles. The Kier molecular flexibility index (Phi) is 2.05. The lowest BCUT2D eigenvalue weighted by atomic mass is 10.7. The van der Waals surface area contributed by atoms with Gasteiger partial charge in [0, 0.05) is 5.75 Å². The summed E-state index contributed by atoms with van der Waals surface area (Å²) in [6.07, 6.45) is 1.53. The summed E-state index contributed by atoms with van der Waals surface area (Å²) < 4.78 is 15.8. The summed E-state index contributed by atoms with van der Waals surface area (Å²) >= 11 is 0. The molecule has 1 rings (SSSR count). The van der Waals surface area contributed by atoms with E-state index in [0.717, 1.165) is 0 Å². The molecule has 0 aromatic carbocycles. The maximum Gasteiger partial charge on any atom is 0.190 e. The molecule has 0 aliphatic carbocycles. The van der Waals surface area contributed by atoms with Gasteiger partial charge in [0.05, 0.1) is 17.1 Å². The Hall–Kier alpha value is -0.570. The van der Waals surface area contributed by atoms with Crippen molar-refractivity contribution in [3.05, 3.63) is 18.4 Å². The molecule has 0 aliphatic rings. The van der Waals surface area contributed by atoms with Gasteiger partial charge in [0.25, 0.3) is 0 Å². The summed E-state index contributed by atoms with van der Waals surface area (Å²) in [4.78, 5) is 0. The Morgan fingerprint density at radius 1 is 1.78 bits per heavy atom. The minimum absolute atomic E-state index is 0.567. The van der Waals surface area contributed by atoms with Gasteiger partial charge >= 0.3 is 0 Å². The van der Waals surface area contributed by atoms with Gasteiger partial charge in [-0.05, 0) is 12.1 Å². The summed E-state index contributed by atoms with van der Waals surface area (Å²) in [7, 11) is -0.926. The molecule has 0 fully saturated rings. The average Bonchev–Trinajstić information content (AvgIpc) is 2.37. The largest absolute Gasteiger partial charge is 0.456 e. The molecule has 0 radical (unpaired) electrons. The van der Waals surface area contributed by atoms with Crippen LogP contribution >= 0.6 is 0 Å². The number of rotatable bonds is 2. The Morgan fingerprint density at radius 2 is 2.56 bits per heavy atom. The fraction of sp³-hybridized carbons (Fsp3) is 0.333. The molecule has 0 saturated heterocycles. The van der Waals surface area contributed by atoms with Crippen molar-refractivity contribution in [1.82, 2.24) is 0 Å². The smallest absolute Gasteiger partial charge is 0.190 e. The standard InChI is InChI=1S/C6H8O2S/c1-2-9(7)6-4-3-5-8-6/h3-5H,2H2,1H3. The predicted octanol–water partition coefficient (Wildman–Crippen LogP) is 1.41. The van der Waals surface area contributed by atoms with Gasteiger partial charge in [-0.15, -0.1) is 0 Å². The molecule has 1 aromatic rings. The van der Waals surface area contributed by atoms with Gasteiger partial charge in [-0.1, -0.05) is 6.92 Å². The third kappa shape index (κ3) is 1.42. The van der Waals surface area contributed by atoms with Gasteiger partial charge in [0.2, 0.25) is 0 Å². The number of furan rings is 1. The predicted molar refractivity (Wildman–Crippen MR) is 35.7 cm³/mol. The maximum absolute atomic E-state index is 10.9. The van der Waals surface area contributed by atoms with E-state index in [-0.39, 0.29) is 0 Å². The highest BCUT2D eigenvalue weighted by Gasteiger charge is 2.00. The molecule has 3 heteroatoms. The van der Waals surface area contributed by atoms with Crippen LogP contribution in [0.4, 0.5) is 0 Å². The van der Waals surface area contributed by atoms with Crippen molar-refractivity contribution in [1.29, 1.82) is 0 Å². The SMILES string of the molecule is CCS(=O)c1ccco1. The fourth-order valence-electron chi connectivity index (χ4n) is 0.535.